The number of hydrogen-bond donors (Lipinski definition) is 1. The monoisotopic (exact) mass is 392 g/mol. The van der Waals surface area contributed by atoms with Gasteiger partial charge in [-0.05, 0) is 48.3 Å². The highest BCUT2D eigenvalue weighted by atomic mass is 32.2. The lowest BCUT2D eigenvalue weighted by Gasteiger charge is -2.26. The van der Waals surface area contributed by atoms with Gasteiger partial charge in [-0.25, -0.2) is 12.7 Å². The minimum absolute atomic E-state index is 0.0198. The summed E-state index contributed by atoms with van der Waals surface area (Å²) < 4.78 is 26.4. The number of sulfonamides is 1. The summed E-state index contributed by atoms with van der Waals surface area (Å²) in [5.41, 5.74) is 2.52. The zero-order valence-corrected chi connectivity index (χ0v) is 16.5. The van der Waals surface area contributed by atoms with Gasteiger partial charge in [0, 0.05) is 20.0 Å². The molecule has 1 aromatic carbocycles. The van der Waals surface area contributed by atoms with Gasteiger partial charge in [-0.1, -0.05) is 30.3 Å². The lowest BCUT2D eigenvalue weighted by molar-refractivity contribution is -0.122. The van der Waals surface area contributed by atoms with Crippen molar-refractivity contribution in [3.05, 3.63) is 52.9 Å². The molecule has 1 aliphatic carbocycles. The second kappa shape index (κ2) is 8.33. The maximum Gasteiger partial charge on any atom is 0.252 e. The molecule has 2 aromatic rings. The molecule has 1 amide bonds. The molecule has 0 bridgehead atoms. The van der Waals surface area contributed by atoms with Crippen molar-refractivity contribution < 1.29 is 13.2 Å². The first-order chi connectivity index (χ1) is 12.5. The van der Waals surface area contributed by atoms with Gasteiger partial charge in [-0.2, -0.15) is 0 Å². The molecule has 0 saturated heterocycles. The molecule has 1 heterocycles. The van der Waals surface area contributed by atoms with Gasteiger partial charge in [0.15, 0.2) is 0 Å². The van der Waals surface area contributed by atoms with E-state index in [-0.39, 0.29) is 11.9 Å². The van der Waals surface area contributed by atoms with Crippen LogP contribution in [0.1, 0.15) is 42.9 Å². The second-order valence-corrected chi connectivity index (χ2v) is 9.79. The molecule has 0 saturated carbocycles. The Labute approximate surface area is 159 Å². The number of amides is 1. The van der Waals surface area contributed by atoms with Gasteiger partial charge in [-0.15, -0.1) is 11.3 Å². The molecule has 3 rings (SSSR count). The summed E-state index contributed by atoms with van der Waals surface area (Å²) in [6.07, 6.45) is 3.91. The summed E-state index contributed by atoms with van der Waals surface area (Å²) in [5.74, 6) is -0.0198. The molecule has 1 atom stereocenters. The van der Waals surface area contributed by atoms with Crippen LogP contribution in [0.5, 0.6) is 0 Å². The topological polar surface area (TPSA) is 66.5 Å². The maximum atomic E-state index is 12.4. The zero-order chi connectivity index (χ0) is 18.6. The van der Waals surface area contributed by atoms with Gasteiger partial charge >= 0.3 is 0 Å². The number of fused-ring (bicyclic) bond motifs is 1. The Morgan fingerprint density at radius 3 is 2.85 bits per heavy atom. The van der Waals surface area contributed by atoms with Gasteiger partial charge in [0.2, 0.25) is 5.91 Å². The minimum atomic E-state index is -3.44. The fourth-order valence-corrected chi connectivity index (χ4v) is 5.73. The third-order valence-electron chi connectivity index (χ3n) is 4.74. The molecule has 0 aliphatic heterocycles. The molecular weight excluding hydrogens is 368 g/mol. The number of carbonyl (C=O) groups excluding carboxylic acids is 1. The maximum absolute atomic E-state index is 12.4. The number of thiophene rings is 1. The Morgan fingerprint density at radius 1 is 1.27 bits per heavy atom. The molecule has 1 N–H and O–H groups in total. The van der Waals surface area contributed by atoms with E-state index in [1.165, 1.54) is 26.8 Å². The molecule has 1 unspecified atom stereocenters. The minimum Gasteiger partial charge on any atom is -0.349 e. The molecular formula is C19H24N2O3S2. The van der Waals surface area contributed by atoms with Crippen LogP contribution < -0.4 is 5.32 Å². The van der Waals surface area contributed by atoms with Crippen molar-refractivity contribution in [3.8, 4) is 0 Å². The Bertz CT molecular complexity index is 847. The van der Waals surface area contributed by atoms with E-state index in [2.05, 4.69) is 17.4 Å². The molecule has 1 aliphatic rings. The highest BCUT2D eigenvalue weighted by Crippen LogP contribution is 2.29. The Hall–Kier alpha value is -1.70. The van der Waals surface area contributed by atoms with Crippen molar-refractivity contribution in [2.45, 2.75) is 42.4 Å². The van der Waals surface area contributed by atoms with E-state index < -0.39 is 10.0 Å². The van der Waals surface area contributed by atoms with Gasteiger partial charge in [0.25, 0.3) is 10.0 Å². The second-order valence-electron chi connectivity index (χ2n) is 6.57. The van der Waals surface area contributed by atoms with Crippen LogP contribution >= 0.6 is 11.3 Å². The van der Waals surface area contributed by atoms with Gasteiger partial charge in [-0.3, -0.25) is 4.79 Å². The summed E-state index contributed by atoms with van der Waals surface area (Å²) in [6.45, 7) is 0.328. The van der Waals surface area contributed by atoms with Crippen molar-refractivity contribution in [2.75, 3.05) is 13.6 Å². The summed E-state index contributed by atoms with van der Waals surface area (Å²) in [5, 5.41) is 4.86. The number of carbonyl (C=O) groups is 1. The van der Waals surface area contributed by atoms with Crippen molar-refractivity contribution in [1.29, 1.82) is 0 Å². The van der Waals surface area contributed by atoms with Crippen molar-refractivity contribution in [3.63, 3.8) is 0 Å². The van der Waals surface area contributed by atoms with Gasteiger partial charge < -0.3 is 5.32 Å². The largest absolute Gasteiger partial charge is 0.349 e. The summed E-state index contributed by atoms with van der Waals surface area (Å²) >= 11 is 1.21. The van der Waals surface area contributed by atoms with Crippen molar-refractivity contribution in [1.82, 2.24) is 9.62 Å². The number of benzene rings is 1. The number of nitrogens with one attached hydrogen (secondary N) is 1. The Morgan fingerprint density at radius 2 is 2.08 bits per heavy atom. The van der Waals surface area contributed by atoms with Crippen molar-refractivity contribution >= 4 is 27.3 Å². The average Bonchev–Trinajstić information content (AvgIpc) is 3.17. The molecule has 0 radical (unpaired) electrons. The van der Waals surface area contributed by atoms with E-state index in [0.717, 1.165) is 19.3 Å². The smallest absolute Gasteiger partial charge is 0.252 e. The Balaban J connectivity index is 1.49. The van der Waals surface area contributed by atoms with Crippen LogP contribution in [0, 0.1) is 0 Å². The van der Waals surface area contributed by atoms with E-state index in [0.29, 0.717) is 23.6 Å². The Kier molecular flexibility index (Phi) is 6.11. The third kappa shape index (κ3) is 4.34. The van der Waals surface area contributed by atoms with Crippen LogP contribution in [-0.4, -0.2) is 32.2 Å². The molecule has 5 nitrogen and oxygen atoms in total. The predicted octanol–water partition coefficient (Wildman–Crippen LogP) is 3.34. The van der Waals surface area contributed by atoms with Crippen LogP contribution in [0.2, 0.25) is 0 Å². The van der Waals surface area contributed by atoms with E-state index in [1.54, 1.807) is 24.6 Å². The lowest BCUT2D eigenvalue weighted by Crippen LogP contribution is -2.32. The third-order valence-corrected chi connectivity index (χ3v) is 7.97. The summed E-state index contributed by atoms with van der Waals surface area (Å²) in [7, 11) is -1.88. The molecule has 140 valence electrons. The van der Waals surface area contributed by atoms with Gasteiger partial charge in [0.1, 0.15) is 4.21 Å². The predicted molar refractivity (Wildman–Crippen MR) is 104 cm³/mol. The number of nitrogens with zero attached hydrogens (tertiary/aromatic N) is 1. The van der Waals surface area contributed by atoms with Crippen LogP contribution in [0.15, 0.2) is 46.0 Å². The molecule has 0 spiro atoms. The van der Waals surface area contributed by atoms with Crippen LogP contribution in [0.4, 0.5) is 0 Å². The first kappa shape index (κ1) is 19.1. The number of aryl methyl sites for hydroxylation is 1. The van der Waals surface area contributed by atoms with E-state index in [9.17, 15) is 13.2 Å². The number of hydrogen-bond acceptors (Lipinski definition) is 4. The fourth-order valence-electron chi connectivity index (χ4n) is 3.32. The molecule has 26 heavy (non-hydrogen) atoms. The van der Waals surface area contributed by atoms with Crippen LogP contribution in [-0.2, 0) is 21.2 Å². The molecule has 1 aromatic heterocycles. The first-order valence-electron chi connectivity index (χ1n) is 8.85. The SMILES string of the molecule is CN(CCCC(=O)NC1CCCc2ccccc21)S(=O)(=O)c1cccs1. The average molecular weight is 393 g/mol. The van der Waals surface area contributed by atoms with E-state index in [1.807, 2.05) is 12.1 Å². The van der Waals surface area contributed by atoms with E-state index >= 15 is 0 Å². The van der Waals surface area contributed by atoms with Crippen molar-refractivity contribution in [2.24, 2.45) is 0 Å². The standard InChI is InChI=1S/C19H24N2O3S2/c1-21(26(23,24)19-12-6-14-25-19)13-5-11-18(22)20-17-10-4-8-15-7-2-3-9-16(15)17/h2-3,6-7,9,12,14,17H,4-5,8,10-11,13H2,1H3,(H,20,22). The molecule has 7 heteroatoms. The molecule has 0 fully saturated rings. The first-order valence-corrected chi connectivity index (χ1v) is 11.2. The van der Waals surface area contributed by atoms with Crippen LogP contribution in [0.25, 0.3) is 0 Å². The van der Waals surface area contributed by atoms with Crippen LogP contribution in [0.3, 0.4) is 0 Å². The fraction of sp³-hybridized carbons (Fsp3) is 0.421. The zero-order valence-electron chi connectivity index (χ0n) is 14.8. The highest BCUT2D eigenvalue weighted by Gasteiger charge is 2.23. The highest BCUT2D eigenvalue weighted by molar-refractivity contribution is 7.91. The summed E-state index contributed by atoms with van der Waals surface area (Å²) in [6, 6.07) is 11.6. The lowest BCUT2D eigenvalue weighted by atomic mass is 9.87. The number of rotatable bonds is 7. The quantitative estimate of drug-likeness (QED) is 0.786. The normalized spacial score (nSPS) is 17.1. The summed E-state index contributed by atoms with van der Waals surface area (Å²) in [4.78, 5) is 12.3. The van der Waals surface area contributed by atoms with Gasteiger partial charge in [0.05, 0.1) is 6.04 Å². The van der Waals surface area contributed by atoms with E-state index in [4.69, 9.17) is 0 Å².